The Hall–Kier alpha value is 0.570. The van der Waals surface area contributed by atoms with E-state index < -0.39 is 23.7 Å². The summed E-state index contributed by atoms with van der Waals surface area (Å²) in [5.74, 6) is -1.93. The molecule has 0 fully saturated rings. The van der Waals surface area contributed by atoms with Crippen LogP contribution in [0.3, 0.4) is 0 Å². The highest BCUT2D eigenvalue weighted by molar-refractivity contribution is 9.12. The second-order valence-corrected chi connectivity index (χ2v) is 4.42. The predicted molar refractivity (Wildman–Crippen MR) is 58.0 cm³/mol. The van der Waals surface area contributed by atoms with Crippen LogP contribution in [-0.4, -0.2) is 12.1 Å². The molecule has 2 atom stereocenters. The van der Waals surface area contributed by atoms with E-state index in [4.69, 9.17) is 5.73 Å². The molecule has 2 unspecified atom stereocenters. The largest absolute Gasteiger partial charge is 0.322 e. The highest BCUT2D eigenvalue weighted by atomic mass is 79.9. The third-order valence-corrected chi connectivity index (χ3v) is 3.67. The lowest BCUT2D eigenvalue weighted by Crippen LogP contribution is -2.44. The molecule has 1 rings (SSSR count). The molecule has 13 heavy (non-hydrogen) atoms. The maximum atomic E-state index is 13.1. The van der Waals surface area contributed by atoms with Crippen molar-refractivity contribution in [2.45, 2.75) is 12.1 Å². The van der Waals surface area contributed by atoms with Gasteiger partial charge in [0.1, 0.15) is 0 Å². The minimum atomic E-state index is -0.973. The number of hydrogen-bond acceptors (Lipinski definition) is 3. The number of nitrogens with one attached hydrogen (secondary N) is 1. The second-order valence-electron chi connectivity index (χ2n) is 2.46. The fourth-order valence-corrected chi connectivity index (χ4v) is 2.41. The summed E-state index contributed by atoms with van der Waals surface area (Å²) in [4.78, 5) is 0. The minimum Gasteiger partial charge on any atom is -0.322 e. The van der Waals surface area contributed by atoms with Gasteiger partial charge in [0.25, 0.3) is 0 Å². The summed E-state index contributed by atoms with van der Waals surface area (Å²) in [5, 5.41) is 0. The van der Waals surface area contributed by atoms with Crippen molar-refractivity contribution >= 4 is 44.7 Å². The number of hydrogen-bond donors (Lipinski definition) is 3. The van der Waals surface area contributed by atoms with Crippen molar-refractivity contribution in [2.24, 2.45) is 5.73 Å². The third kappa shape index (κ3) is 1.99. The average Bonchev–Trinajstić information content (AvgIpc) is 2.13. The quantitative estimate of drug-likeness (QED) is 0.643. The summed E-state index contributed by atoms with van der Waals surface area (Å²) < 4.78 is 28.6. The number of rotatable bonds is 1. The standard InChI is InChI=1S/C6H6Br2F2N2S/c7-1-3(9)4(10)2(8)6(12-13)5(1)11/h5-6,12-13H,11H2. The fraction of sp³-hybridized carbons (Fsp3) is 0.333. The molecule has 0 radical (unpaired) electrons. The number of allylic oxidation sites excluding steroid dienone is 2. The fourth-order valence-electron chi connectivity index (χ4n) is 0.933. The van der Waals surface area contributed by atoms with Gasteiger partial charge in [-0.3, -0.25) is 4.72 Å². The molecule has 3 N–H and O–H groups in total. The molecule has 7 heteroatoms. The second kappa shape index (κ2) is 4.39. The summed E-state index contributed by atoms with van der Waals surface area (Å²) in [5.41, 5.74) is 5.59. The lowest BCUT2D eigenvalue weighted by molar-refractivity contribution is 0.496. The smallest absolute Gasteiger partial charge is 0.171 e. The van der Waals surface area contributed by atoms with E-state index in [-0.39, 0.29) is 8.96 Å². The Kier molecular flexibility index (Phi) is 3.94. The number of thiol groups is 1. The Bertz CT molecular complexity index is 292. The Balaban J connectivity index is 3.15. The number of halogens is 4. The first-order valence-corrected chi connectivity index (χ1v) is 5.30. The molecule has 0 aromatic carbocycles. The van der Waals surface area contributed by atoms with E-state index in [9.17, 15) is 8.78 Å². The maximum Gasteiger partial charge on any atom is 0.171 e. The monoisotopic (exact) mass is 334 g/mol. The van der Waals surface area contributed by atoms with E-state index in [2.05, 4.69) is 49.4 Å². The van der Waals surface area contributed by atoms with Gasteiger partial charge in [-0.1, -0.05) is 44.7 Å². The van der Waals surface area contributed by atoms with E-state index in [0.29, 0.717) is 0 Å². The first-order valence-electron chi connectivity index (χ1n) is 3.26. The van der Waals surface area contributed by atoms with Gasteiger partial charge in [0, 0.05) is 0 Å². The molecule has 0 aliphatic heterocycles. The molecule has 1 aliphatic rings. The molecule has 0 spiro atoms. The topological polar surface area (TPSA) is 38.0 Å². The summed E-state index contributed by atoms with van der Waals surface area (Å²) in [7, 11) is 0. The zero-order valence-corrected chi connectivity index (χ0v) is 10.3. The van der Waals surface area contributed by atoms with Crippen LogP contribution in [0.2, 0.25) is 0 Å². The lowest BCUT2D eigenvalue weighted by atomic mass is 10.0. The van der Waals surface area contributed by atoms with Gasteiger partial charge < -0.3 is 5.73 Å². The third-order valence-electron chi connectivity index (χ3n) is 1.68. The molecule has 2 nitrogen and oxygen atoms in total. The van der Waals surface area contributed by atoms with Crippen molar-refractivity contribution in [3.63, 3.8) is 0 Å². The van der Waals surface area contributed by atoms with Crippen molar-refractivity contribution in [1.82, 2.24) is 4.72 Å². The van der Waals surface area contributed by atoms with Crippen LogP contribution in [0.25, 0.3) is 0 Å². The Morgan fingerprint density at radius 1 is 1.23 bits per heavy atom. The molecular weight excluding hydrogens is 330 g/mol. The van der Waals surface area contributed by atoms with Crippen LogP contribution < -0.4 is 10.5 Å². The van der Waals surface area contributed by atoms with Gasteiger partial charge in [-0.2, -0.15) is 0 Å². The van der Waals surface area contributed by atoms with Crippen LogP contribution in [0.4, 0.5) is 8.78 Å². The Morgan fingerprint density at radius 3 is 2.15 bits per heavy atom. The Morgan fingerprint density at radius 2 is 1.69 bits per heavy atom. The van der Waals surface area contributed by atoms with Crippen LogP contribution in [-0.2, 0) is 0 Å². The van der Waals surface area contributed by atoms with Gasteiger partial charge in [-0.25, -0.2) is 8.78 Å². The van der Waals surface area contributed by atoms with Crippen molar-refractivity contribution in [1.29, 1.82) is 0 Å². The van der Waals surface area contributed by atoms with Crippen LogP contribution >= 0.6 is 44.7 Å². The molecule has 0 heterocycles. The summed E-state index contributed by atoms with van der Waals surface area (Å²) in [6.07, 6.45) is 0. The Labute approximate surface area is 96.4 Å². The zero-order chi connectivity index (χ0) is 10.2. The van der Waals surface area contributed by atoms with Crippen LogP contribution in [0.15, 0.2) is 20.6 Å². The van der Waals surface area contributed by atoms with Gasteiger partial charge in [0.15, 0.2) is 11.7 Å². The van der Waals surface area contributed by atoms with E-state index in [1.807, 2.05) is 0 Å². The molecule has 0 saturated carbocycles. The van der Waals surface area contributed by atoms with Gasteiger partial charge in [-0.05, 0) is 0 Å². The average molecular weight is 336 g/mol. The van der Waals surface area contributed by atoms with Crippen LogP contribution in [0, 0.1) is 0 Å². The molecule has 0 aromatic heterocycles. The van der Waals surface area contributed by atoms with Crippen molar-refractivity contribution < 1.29 is 8.78 Å². The van der Waals surface area contributed by atoms with E-state index >= 15 is 0 Å². The summed E-state index contributed by atoms with van der Waals surface area (Å²) >= 11 is 9.55. The summed E-state index contributed by atoms with van der Waals surface area (Å²) in [6.45, 7) is 0. The van der Waals surface area contributed by atoms with E-state index in [0.717, 1.165) is 0 Å². The minimum absolute atomic E-state index is 0.000231. The first kappa shape index (κ1) is 11.6. The molecule has 0 aromatic rings. The van der Waals surface area contributed by atoms with Gasteiger partial charge in [0.2, 0.25) is 0 Å². The number of nitrogens with two attached hydrogens (primary N) is 1. The zero-order valence-electron chi connectivity index (χ0n) is 6.19. The molecule has 0 amide bonds. The van der Waals surface area contributed by atoms with Crippen LogP contribution in [0.5, 0.6) is 0 Å². The maximum absolute atomic E-state index is 13.1. The molecule has 1 aliphatic carbocycles. The van der Waals surface area contributed by atoms with Crippen LogP contribution in [0.1, 0.15) is 0 Å². The van der Waals surface area contributed by atoms with E-state index in [1.54, 1.807) is 0 Å². The highest BCUT2D eigenvalue weighted by Gasteiger charge is 2.33. The molecular formula is C6H6Br2F2N2S. The van der Waals surface area contributed by atoms with Gasteiger partial charge >= 0.3 is 0 Å². The normalized spacial score (nSPS) is 30.0. The predicted octanol–water partition coefficient (Wildman–Crippen LogP) is 2.28. The van der Waals surface area contributed by atoms with E-state index in [1.165, 1.54) is 0 Å². The molecule has 74 valence electrons. The molecule has 0 saturated heterocycles. The van der Waals surface area contributed by atoms with Gasteiger partial charge in [0.05, 0.1) is 21.0 Å². The summed E-state index contributed by atoms with van der Waals surface area (Å²) in [6, 6.07) is -1.26. The van der Waals surface area contributed by atoms with Crippen molar-refractivity contribution in [2.75, 3.05) is 0 Å². The SMILES string of the molecule is NC1C(Br)=C(F)C(F)=C(Br)C1NS. The molecule has 0 bridgehead atoms. The lowest BCUT2D eigenvalue weighted by Gasteiger charge is -2.26. The van der Waals surface area contributed by atoms with Crippen molar-refractivity contribution in [3.05, 3.63) is 20.6 Å². The van der Waals surface area contributed by atoms with Crippen molar-refractivity contribution in [3.8, 4) is 0 Å². The first-order chi connectivity index (χ1) is 6.00. The highest BCUT2D eigenvalue weighted by Crippen LogP contribution is 2.37. The van der Waals surface area contributed by atoms with Gasteiger partial charge in [-0.15, -0.1) is 0 Å².